The summed E-state index contributed by atoms with van der Waals surface area (Å²) in [6.45, 7) is 11.5. The number of carbonyl (C=O) groups excluding carboxylic acids is 1. The molecule has 0 saturated carbocycles. The Morgan fingerprint density at radius 3 is 1.88 bits per heavy atom. The van der Waals surface area contributed by atoms with Crippen LogP contribution in [-0.2, 0) is 9.53 Å². The molecule has 0 aromatic rings. The number of hydrogen-bond acceptors (Lipinski definition) is 2. The third kappa shape index (κ3) is 6.00. The first kappa shape index (κ1) is 23.0. The molecule has 0 saturated heterocycles. The normalized spacial score (nSPS) is 17.7. The molecule has 1 aliphatic carbocycles. The van der Waals surface area contributed by atoms with Crippen molar-refractivity contribution in [3.63, 3.8) is 0 Å². The summed E-state index contributed by atoms with van der Waals surface area (Å²) in [5.74, 6) is -0.0229. The zero-order chi connectivity index (χ0) is 18.9. The second-order valence-electron chi connectivity index (χ2n) is 8.67. The van der Waals surface area contributed by atoms with E-state index in [1.54, 1.807) is 10.7 Å². The van der Waals surface area contributed by atoms with Crippen LogP contribution in [0.1, 0.15) is 92.4 Å². The molecule has 0 amide bonds. The maximum atomic E-state index is 12.8. The standard InChI is InChI=1S/C10H15O2.3C4H9.Sn/c1-10(2)7-5-4-6-8(10)9(11)12-3;3*1-3-4-2;/h4-5,7H2,1-3H3;3*1,3-4H2,2H3;. The molecular weight excluding hydrogens is 415 g/mol. The fourth-order valence-electron chi connectivity index (χ4n) is 4.77. The molecule has 25 heavy (non-hydrogen) atoms. The van der Waals surface area contributed by atoms with Crippen LogP contribution >= 0.6 is 0 Å². The van der Waals surface area contributed by atoms with Crippen molar-refractivity contribution >= 4 is 24.3 Å². The third-order valence-corrected chi connectivity index (χ3v) is 22.6. The van der Waals surface area contributed by atoms with E-state index in [0.717, 1.165) is 12.0 Å². The fourth-order valence-corrected chi connectivity index (χ4v) is 23.1. The van der Waals surface area contributed by atoms with Crippen LogP contribution < -0.4 is 0 Å². The molecule has 0 fully saturated rings. The molecule has 0 N–H and O–H groups in total. The Morgan fingerprint density at radius 1 is 1.00 bits per heavy atom. The summed E-state index contributed by atoms with van der Waals surface area (Å²) in [5.41, 5.74) is 1.10. The van der Waals surface area contributed by atoms with Gasteiger partial charge < -0.3 is 0 Å². The van der Waals surface area contributed by atoms with Crippen molar-refractivity contribution < 1.29 is 9.53 Å². The van der Waals surface area contributed by atoms with Crippen LogP contribution in [0.25, 0.3) is 0 Å². The number of rotatable bonds is 11. The summed E-state index contributed by atoms with van der Waals surface area (Å²) < 4.78 is 11.3. The van der Waals surface area contributed by atoms with Gasteiger partial charge in [0.25, 0.3) is 0 Å². The Balaban J connectivity index is 3.47. The first-order valence-electron chi connectivity index (χ1n) is 10.7. The molecule has 0 bridgehead atoms. The summed E-state index contributed by atoms with van der Waals surface area (Å²) in [6, 6.07) is 0. The SMILES string of the molecule is CCC[CH2][Sn]([CH2]CCC)([CH2]CCC)[C]1=C(C(=O)OC)C(C)(C)CCC1. The molecule has 146 valence electrons. The van der Waals surface area contributed by atoms with Crippen LogP contribution in [0.3, 0.4) is 0 Å². The Morgan fingerprint density at radius 2 is 1.48 bits per heavy atom. The molecule has 1 rings (SSSR count). The van der Waals surface area contributed by atoms with E-state index in [1.165, 1.54) is 64.7 Å². The molecule has 0 spiro atoms. The Bertz CT molecular complexity index is 429. The number of allylic oxidation sites excluding steroid dienone is 1. The number of hydrogen-bond donors (Lipinski definition) is 0. The molecule has 0 heterocycles. The van der Waals surface area contributed by atoms with Crippen LogP contribution in [0.2, 0.25) is 13.3 Å². The zero-order valence-corrected chi connectivity index (χ0v) is 20.7. The van der Waals surface area contributed by atoms with Gasteiger partial charge in [-0.3, -0.25) is 0 Å². The summed E-state index contributed by atoms with van der Waals surface area (Å²) in [5, 5.41) is 0. The average molecular weight is 457 g/mol. The van der Waals surface area contributed by atoms with Gasteiger partial charge in [-0.25, -0.2) is 0 Å². The summed E-state index contributed by atoms with van der Waals surface area (Å²) in [4.78, 5) is 12.8. The van der Waals surface area contributed by atoms with Gasteiger partial charge in [0.05, 0.1) is 0 Å². The predicted molar refractivity (Wildman–Crippen MR) is 112 cm³/mol. The zero-order valence-electron chi connectivity index (χ0n) is 17.8. The average Bonchev–Trinajstić information content (AvgIpc) is 2.60. The van der Waals surface area contributed by atoms with Gasteiger partial charge >= 0.3 is 161 Å². The van der Waals surface area contributed by atoms with Crippen molar-refractivity contribution in [1.82, 2.24) is 0 Å². The summed E-state index contributed by atoms with van der Waals surface area (Å²) in [6.07, 6.45) is 11.4. The van der Waals surface area contributed by atoms with E-state index < -0.39 is 18.4 Å². The van der Waals surface area contributed by atoms with Gasteiger partial charge in [-0.15, -0.1) is 0 Å². The number of carbonyl (C=O) groups is 1. The van der Waals surface area contributed by atoms with E-state index in [1.807, 2.05) is 0 Å². The van der Waals surface area contributed by atoms with E-state index in [4.69, 9.17) is 4.74 Å². The van der Waals surface area contributed by atoms with Gasteiger partial charge in [0.2, 0.25) is 0 Å². The van der Waals surface area contributed by atoms with E-state index in [-0.39, 0.29) is 11.4 Å². The minimum atomic E-state index is -2.54. The first-order chi connectivity index (χ1) is 11.9. The number of methoxy groups -OCH3 is 1. The van der Waals surface area contributed by atoms with Crippen LogP contribution in [0.5, 0.6) is 0 Å². The number of unbranched alkanes of at least 4 members (excludes halogenated alkanes) is 3. The Kier molecular flexibility index (Phi) is 10.1. The summed E-state index contributed by atoms with van der Waals surface area (Å²) >= 11 is -2.54. The molecule has 2 nitrogen and oxygen atoms in total. The predicted octanol–water partition coefficient (Wildman–Crippen LogP) is 7.05. The van der Waals surface area contributed by atoms with Crippen LogP contribution in [0.4, 0.5) is 0 Å². The molecule has 1 aliphatic rings. The van der Waals surface area contributed by atoms with Gasteiger partial charge in [-0.05, 0) is 0 Å². The van der Waals surface area contributed by atoms with Crippen LogP contribution in [0.15, 0.2) is 9.16 Å². The molecule has 0 radical (unpaired) electrons. The van der Waals surface area contributed by atoms with Gasteiger partial charge in [0.15, 0.2) is 0 Å². The third-order valence-electron chi connectivity index (χ3n) is 6.26. The number of esters is 1. The van der Waals surface area contributed by atoms with Crippen molar-refractivity contribution in [3.05, 3.63) is 9.16 Å². The molecule has 0 aromatic heterocycles. The molecule has 0 unspecified atom stereocenters. The number of ether oxygens (including phenoxy) is 1. The van der Waals surface area contributed by atoms with Gasteiger partial charge in [-0.1, -0.05) is 0 Å². The minimum absolute atomic E-state index is 0.00646. The maximum absolute atomic E-state index is 12.8. The molecular formula is C22H42O2Sn. The first-order valence-corrected chi connectivity index (χ1v) is 18.2. The topological polar surface area (TPSA) is 26.3 Å². The monoisotopic (exact) mass is 458 g/mol. The van der Waals surface area contributed by atoms with Gasteiger partial charge in [-0.2, -0.15) is 0 Å². The van der Waals surface area contributed by atoms with E-state index >= 15 is 0 Å². The molecule has 3 heteroatoms. The van der Waals surface area contributed by atoms with Crippen molar-refractivity contribution in [2.45, 2.75) is 106 Å². The molecule has 0 atom stereocenters. The van der Waals surface area contributed by atoms with Crippen LogP contribution in [0, 0.1) is 5.41 Å². The summed E-state index contributed by atoms with van der Waals surface area (Å²) in [7, 11) is 1.57. The van der Waals surface area contributed by atoms with Crippen molar-refractivity contribution in [2.75, 3.05) is 7.11 Å². The quantitative estimate of drug-likeness (QED) is 0.245. The van der Waals surface area contributed by atoms with Crippen molar-refractivity contribution in [2.24, 2.45) is 5.41 Å². The second kappa shape index (κ2) is 11.0. The van der Waals surface area contributed by atoms with Crippen molar-refractivity contribution in [1.29, 1.82) is 0 Å². The second-order valence-corrected chi connectivity index (χ2v) is 22.0. The van der Waals surface area contributed by atoms with E-state index in [0.29, 0.717) is 0 Å². The van der Waals surface area contributed by atoms with E-state index in [9.17, 15) is 4.79 Å². The molecule has 0 aliphatic heterocycles. The van der Waals surface area contributed by atoms with Gasteiger partial charge in [0.1, 0.15) is 0 Å². The van der Waals surface area contributed by atoms with Crippen LogP contribution in [-0.4, -0.2) is 31.5 Å². The Labute approximate surface area is 161 Å². The molecule has 0 aromatic carbocycles. The fraction of sp³-hybridized carbons (Fsp3) is 0.864. The van der Waals surface area contributed by atoms with Crippen molar-refractivity contribution in [3.8, 4) is 0 Å². The van der Waals surface area contributed by atoms with Gasteiger partial charge in [0, 0.05) is 0 Å². The van der Waals surface area contributed by atoms with E-state index in [2.05, 4.69) is 34.6 Å². The Hall–Kier alpha value is 0.00870.